The van der Waals surface area contributed by atoms with Gasteiger partial charge in [-0.3, -0.25) is 14.9 Å². The van der Waals surface area contributed by atoms with Gasteiger partial charge in [-0.05, 0) is 30.4 Å². The van der Waals surface area contributed by atoms with Gasteiger partial charge in [-0.1, -0.05) is 43.4 Å². The van der Waals surface area contributed by atoms with Crippen molar-refractivity contribution in [2.75, 3.05) is 5.32 Å². The fraction of sp³-hybridized carbons (Fsp3) is 0.353. The number of hydrogen-bond acceptors (Lipinski definition) is 4. The van der Waals surface area contributed by atoms with Crippen molar-refractivity contribution in [2.45, 2.75) is 33.6 Å². The Labute approximate surface area is 133 Å². The monoisotopic (exact) mass is 314 g/mol. The quantitative estimate of drug-likeness (QED) is 0.915. The van der Waals surface area contributed by atoms with Crippen LogP contribution in [-0.4, -0.2) is 16.7 Å². The van der Waals surface area contributed by atoms with Crippen LogP contribution in [0.15, 0.2) is 24.3 Å². The molecule has 0 atom stereocenters. The molecule has 0 unspecified atom stereocenters. The summed E-state index contributed by atoms with van der Waals surface area (Å²) in [6, 6.07) is 7.41. The number of aromatic nitrogens is 1. The van der Waals surface area contributed by atoms with E-state index in [0.29, 0.717) is 22.0 Å². The summed E-state index contributed by atoms with van der Waals surface area (Å²) in [6.45, 7) is 6.03. The first kappa shape index (κ1) is 14.9. The average molecular weight is 314 g/mol. The Hall–Kier alpha value is -2.01. The SMILES string of the molecule is Cc1ccccc1C(=O)Nc1nc2c(s1)C(=O)CC(C)(C)C2. The maximum Gasteiger partial charge on any atom is 0.257 e. The van der Waals surface area contributed by atoms with Gasteiger partial charge in [0.1, 0.15) is 0 Å². The minimum Gasteiger partial charge on any atom is -0.298 e. The molecule has 3 rings (SSSR count). The number of fused-ring (bicyclic) bond motifs is 1. The minimum atomic E-state index is -0.184. The molecule has 1 heterocycles. The van der Waals surface area contributed by atoms with Crippen LogP contribution < -0.4 is 5.32 Å². The van der Waals surface area contributed by atoms with E-state index in [0.717, 1.165) is 17.7 Å². The van der Waals surface area contributed by atoms with Crippen molar-refractivity contribution in [3.63, 3.8) is 0 Å². The molecule has 2 aromatic rings. The van der Waals surface area contributed by atoms with Crippen LogP contribution in [0.2, 0.25) is 0 Å². The number of nitrogens with one attached hydrogen (secondary N) is 1. The van der Waals surface area contributed by atoms with Gasteiger partial charge >= 0.3 is 0 Å². The van der Waals surface area contributed by atoms with Gasteiger partial charge in [0.2, 0.25) is 0 Å². The molecular formula is C17H18N2O2S. The van der Waals surface area contributed by atoms with E-state index in [1.807, 2.05) is 25.1 Å². The summed E-state index contributed by atoms with van der Waals surface area (Å²) in [5.41, 5.74) is 2.29. The number of benzene rings is 1. The third-order valence-corrected chi connectivity index (χ3v) is 4.90. The molecule has 0 aliphatic heterocycles. The molecule has 0 fully saturated rings. The summed E-state index contributed by atoms with van der Waals surface area (Å²) in [5, 5.41) is 3.32. The van der Waals surface area contributed by atoms with Crippen LogP contribution in [0, 0.1) is 12.3 Å². The molecule has 114 valence electrons. The predicted octanol–water partition coefficient (Wildman–Crippen LogP) is 3.86. The molecule has 0 radical (unpaired) electrons. The van der Waals surface area contributed by atoms with E-state index in [4.69, 9.17) is 0 Å². The van der Waals surface area contributed by atoms with Gasteiger partial charge in [-0.2, -0.15) is 0 Å². The molecule has 22 heavy (non-hydrogen) atoms. The minimum absolute atomic E-state index is 0.0601. The maximum atomic E-state index is 12.3. The van der Waals surface area contributed by atoms with Gasteiger partial charge in [0.15, 0.2) is 10.9 Å². The van der Waals surface area contributed by atoms with E-state index in [-0.39, 0.29) is 17.1 Å². The van der Waals surface area contributed by atoms with Crippen molar-refractivity contribution >= 4 is 28.2 Å². The number of thiazole rings is 1. The van der Waals surface area contributed by atoms with Crippen LogP contribution in [0.3, 0.4) is 0 Å². The fourth-order valence-corrected chi connectivity index (χ4v) is 3.68. The number of Topliss-reactive ketones (excluding diaryl/α,β-unsaturated/α-hetero) is 1. The molecule has 0 spiro atoms. The zero-order valence-corrected chi connectivity index (χ0v) is 13.7. The van der Waals surface area contributed by atoms with E-state index in [1.165, 1.54) is 11.3 Å². The molecule has 1 aliphatic carbocycles. The van der Waals surface area contributed by atoms with Gasteiger partial charge in [0, 0.05) is 12.0 Å². The number of aryl methyl sites for hydroxylation is 1. The second-order valence-corrected chi connectivity index (χ2v) is 7.50. The van der Waals surface area contributed by atoms with Crippen molar-refractivity contribution in [1.82, 2.24) is 4.98 Å². The number of nitrogens with zero attached hydrogens (tertiary/aromatic N) is 1. The Bertz CT molecular complexity index is 762. The van der Waals surface area contributed by atoms with Crippen LogP contribution in [0.1, 0.15) is 51.6 Å². The second-order valence-electron chi connectivity index (χ2n) is 6.50. The number of carbonyl (C=O) groups is 2. The Morgan fingerprint density at radius 1 is 1.27 bits per heavy atom. The Morgan fingerprint density at radius 2 is 2.00 bits per heavy atom. The normalized spacial score (nSPS) is 16.2. The third kappa shape index (κ3) is 2.81. The topological polar surface area (TPSA) is 59.1 Å². The van der Waals surface area contributed by atoms with Gasteiger partial charge in [0.05, 0.1) is 10.6 Å². The molecule has 1 aromatic heterocycles. The zero-order valence-electron chi connectivity index (χ0n) is 12.9. The van der Waals surface area contributed by atoms with E-state index < -0.39 is 0 Å². The highest BCUT2D eigenvalue weighted by molar-refractivity contribution is 7.17. The van der Waals surface area contributed by atoms with Gasteiger partial charge in [-0.15, -0.1) is 0 Å². The van der Waals surface area contributed by atoms with Crippen LogP contribution in [-0.2, 0) is 6.42 Å². The van der Waals surface area contributed by atoms with Gasteiger partial charge in [-0.25, -0.2) is 4.98 Å². The Balaban J connectivity index is 1.85. The molecule has 4 nitrogen and oxygen atoms in total. The molecule has 1 N–H and O–H groups in total. The number of ketones is 1. The second kappa shape index (κ2) is 5.32. The van der Waals surface area contributed by atoms with Crippen LogP contribution in [0.5, 0.6) is 0 Å². The first-order valence-electron chi connectivity index (χ1n) is 7.26. The molecule has 1 aromatic carbocycles. The fourth-order valence-electron chi connectivity index (χ4n) is 2.77. The lowest BCUT2D eigenvalue weighted by Gasteiger charge is -2.26. The average Bonchev–Trinajstić information content (AvgIpc) is 2.80. The number of rotatable bonds is 2. The number of amides is 1. The molecule has 1 amide bonds. The zero-order chi connectivity index (χ0) is 15.9. The summed E-state index contributed by atoms with van der Waals surface area (Å²) in [7, 11) is 0. The van der Waals surface area contributed by atoms with Gasteiger partial charge in [0.25, 0.3) is 5.91 Å². The van der Waals surface area contributed by atoms with E-state index in [1.54, 1.807) is 6.07 Å². The summed E-state index contributed by atoms with van der Waals surface area (Å²) < 4.78 is 0. The molecule has 0 saturated heterocycles. The lowest BCUT2D eigenvalue weighted by atomic mass is 9.78. The molecule has 1 aliphatic rings. The Kier molecular flexibility index (Phi) is 3.60. The number of carbonyl (C=O) groups excluding carboxylic acids is 2. The van der Waals surface area contributed by atoms with Crippen molar-refractivity contribution in [1.29, 1.82) is 0 Å². The van der Waals surface area contributed by atoms with Crippen LogP contribution >= 0.6 is 11.3 Å². The molecule has 0 bridgehead atoms. The highest BCUT2D eigenvalue weighted by atomic mass is 32.1. The summed E-state index contributed by atoms with van der Waals surface area (Å²) in [5.74, 6) is -0.0592. The summed E-state index contributed by atoms with van der Waals surface area (Å²) >= 11 is 1.28. The number of anilines is 1. The summed E-state index contributed by atoms with van der Waals surface area (Å²) in [6.07, 6.45) is 1.30. The van der Waals surface area contributed by atoms with Crippen LogP contribution in [0.4, 0.5) is 5.13 Å². The van der Waals surface area contributed by atoms with Crippen molar-refractivity contribution in [3.8, 4) is 0 Å². The van der Waals surface area contributed by atoms with Crippen LogP contribution in [0.25, 0.3) is 0 Å². The number of hydrogen-bond donors (Lipinski definition) is 1. The van der Waals surface area contributed by atoms with E-state index in [9.17, 15) is 9.59 Å². The first-order valence-corrected chi connectivity index (χ1v) is 8.07. The maximum absolute atomic E-state index is 12.3. The highest BCUT2D eigenvalue weighted by Crippen LogP contribution is 2.38. The first-order chi connectivity index (χ1) is 10.4. The molecule has 5 heteroatoms. The highest BCUT2D eigenvalue weighted by Gasteiger charge is 2.34. The molecule has 0 saturated carbocycles. The standard InChI is InChI=1S/C17H18N2O2S/c1-10-6-4-5-7-11(10)15(21)19-16-18-12-8-17(2,3)9-13(20)14(12)22-16/h4-7H,8-9H2,1-3H3,(H,18,19,21). The van der Waals surface area contributed by atoms with Gasteiger partial charge < -0.3 is 0 Å². The smallest absolute Gasteiger partial charge is 0.257 e. The van der Waals surface area contributed by atoms with E-state index in [2.05, 4.69) is 24.1 Å². The predicted molar refractivity (Wildman–Crippen MR) is 87.7 cm³/mol. The summed E-state index contributed by atoms with van der Waals surface area (Å²) in [4.78, 5) is 29.7. The lowest BCUT2D eigenvalue weighted by Crippen LogP contribution is -2.26. The molecular weight excluding hydrogens is 296 g/mol. The van der Waals surface area contributed by atoms with Crippen molar-refractivity contribution in [3.05, 3.63) is 46.0 Å². The Morgan fingerprint density at radius 3 is 2.73 bits per heavy atom. The third-order valence-electron chi connectivity index (χ3n) is 3.85. The van der Waals surface area contributed by atoms with Crippen molar-refractivity contribution in [2.24, 2.45) is 5.41 Å². The largest absolute Gasteiger partial charge is 0.298 e. The lowest BCUT2D eigenvalue weighted by molar-refractivity contribution is 0.0915. The van der Waals surface area contributed by atoms with Crippen molar-refractivity contribution < 1.29 is 9.59 Å². The van der Waals surface area contributed by atoms with E-state index >= 15 is 0 Å².